The van der Waals surface area contributed by atoms with Gasteiger partial charge in [-0.25, -0.2) is 0 Å². The molecule has 0 saturated heterocycles. The summed E-state index contributed by atoms with van der Waals surface area (Å²) in [5.74, 6) is 0.140. The van der Waals surface area contributed by atoms with Crippen LogP contribution in [0, 0.1) is 18.3 Å². The number of rotatable bonds is 1. The zero-order valence-corrected chi connectivity index (χ0v) is 13.2. The van der Waals surface area contributed by atoms with E-state index in [0.29, 0.717) is 11.5 Å². The van der Waals surface area contributed by atoms with Crippen LogP contribution >= 0.6 is 15.9 Å². The fourth-order valence-electron chi connectivity index (χ4n) is 2.47. The normalized spacial score (nSPS) is 16.7. The third-order valence-electron chi connectivity index (χ3n) is 3.38. The number of benzene rings is 1. The molecule has 110 valence electrons. The fraction of sp³-hybridized carbons (Fsp3) is 0.125. The van der Waals surface area contributed by atoms with Crippen molar-refractivity contribution in [3.63, 3.8) is 0 Å². The third-order valence-corrected chi connectivity index (χ3v) is 3.88. The minimum Gasteiger partial charge on any atom is -0.461 e. The monoisotopic (exact) mass is 358 g/mol. The van der Waals surface area contributed by atoms with Crippen LogP contribution in [0.1, 0.15) is 23.0 Å². The van der Waals surface area contributed by atoms with E-state index < -0.39 is 5.92 Å². The minimum absolute atomic E-state index is 0.0343. The molecule has 2 heterocycles. The van der Waals surface area contributed by atoms with Crippen molar-refractivity contribution >= 4 is 15.9 Å². The number of nitrogens with zero attached hydrogens (tertiary/aromatic N) is 1. The van der Waals surface area contributed by atoms with Crippen LogP contribution in [0.5, 0.6) is 5.75 Å². The molecule has 2 N–H and O–H groups in total. The third kappa shape index (κ3) is 2.30. The van der Waals surface area contributed by atoms with Crippen molar-refractivity contribution in [2.75, 3.05) is 0 Å². The van der Waals surface area contributed by atoms with Gasteiger partial charge in [0.05, 0.1) is 5.92 Å². The van der Waals surface area contributed by atoms with Crippen LogP contribution in [-0.2, 0) is 0 Å². The second-order valence-electron chi connectivity index (χ2n) is 4.89. The Morgan fingerprint density at radius 1 is 1.36 bits per heavy atom. The molecule has 0 amide bonds. The highest BCUT2D eigenvalue weighted by Gasteiger charge is 2.34. The number of aryl methyl sites for hydroxylation is 1. The van der Waals surface area contributed by atoms with Gasteiger partial charge in [-0.1, -0.05) is 28.1 Å². The summed E-state index contributed by atoms with van der Waals surface area (Å²) in [6.07, 6.45) is 0. The topological polar surface area (TPSA) is 89.2 Å². The number of hydrogen-bond donors (Lipinski definition) is 1. The predicted molar refractivity (Wildman–Crippen MR) is 83.2 cm³/mol. The number of hydrogen-bond acceptors (Lipinski definition) is 5. The molecule has 0 saturated carbocycles. The SMILES string of the molecule is Cc1cc(=O)c2c(o1)C(c1cccc(Br)c1)C(C#N)=C(N)O2. The van der Waals surface area contributed by atoms with Gasteiger partial charge in [-0.3, -0.25) is 4.79 Å². The molecule has 1 unspecified atom stereocenters. The molecule has 0 radical (unpaired) electrons. The van der Waals surface area contributed by atoms with Gasteiger partial charge in [-0.15, -0.1) is 0 Å². The maximum atomic E-state index is 12.1. The van der Waals surface area contributed by atoms with E-state index in [2.05, 4.69) is 22.0 Å². The van der Waals surface area contributed by atoms with E-state index >= 15 is 0 Å². The maximum Gasteiger partial charge on any atom is 0.228 e. The zero-order valence-electron chi connectivity index (χ0n) is 11.6. The van der Waals surface area contributed by atoms with Crippen molar-refractivity contribution in [1.29, 1.82) is 5.26 Å². The predicted octanol–water partition coefficient (Wildman–Crippen LogP) is 2.93. The maximum absolute atomic E-state index is 12.1. The van der Waals surface area contributed by atoms with Gasteiger partial charge in [-0.05, 0) is 24.6 Å². The highest BCUT2D eigenvalue weighted by Crippen LogP contribution is 2.41. The van der Waals surface area contributed by atoms with Crippen LogP contribution in [0.2, 0.25) is 0 Å². The lowest BCUT2D eigenvalue weighted by Gasteiger charge is -2.24. The number of nitrogens with two attached hydrogens (primary N) is 1. The van der Waals surface area contributed by atoms with E-state index in [1.54, 1.807) is 6.92 Å². The lowest BCUT2D eigenvalue weighted by atomic mass is 9.87. The number of halogens is 1. The summed E-state index contributed by atoms with van der Waals surface area (Å²) in [7, 11) is 0. The van der Waals surface area contributed by atoms with Crippen molar-refractivity contribution in [2.45, 2.75) is 12.8 Å². The number of allylic oxidation sites excluding steroid dienone is 1. The van der Waals surface area contributed by atoms with Crippen LogP contribution in [-0.4, -0.2) is 0 Å². The first-order chi connectivity index (χ1) is 10.5. The first kappa shape index (κ1) is 14.4. The molecular weight excluding hydrogens is 348 g/mol. The molecule has 0 fully saturated rings. The van der Waals surface area contributed by atoms with E-state index in [1.165, 1.54) is 6.07 Å². The van der Waals surface area contributed by atoms with E-state index in [1.807, 2.05) is 24.3 Å². The highest BCUT2D eigenvalue weighted by molar-refractivity contribution is 9.10. The first-order valence-electron chi connectivity index (χ1n) is 6.49. The molecule has 5 nitrogen and oxygen atoms in total. The van der Waals surface area contributed by atoms with Crippen LogP contribution in [0.15, 0.2) is 55.5 Å². The van der Waals surface area contributed by atoms with Gasteiger partial charge in [0.2, 0.25) is 17.1 Å². The Balaban J connectivity index is 2.32. The van der Waals surface area contributed by atoms with Gasteiger partial charge in [0.25, 0.3) is 0 Å². The molecule has 1 aromatic heterocycles. The fourth-order valence-corrected chi connectivity index (χ4v) is 2.89. The summed E-state index contributed by atoms with van der Waals surface area (Å²) in [5.41, 5.74) is 6.51. The molecule has 22 heavy (non-hydrogen) atoms. The summed E-state index contributed by atoms with van der Waals surface area (Å²) < 4.78 is 11.9. The van der Waals surface area contributed by atoms with Crippen LogP contribution in [0.25, 0.3) is 0 Å². The Bertz CT molecular complexity index is 893. The van der Waals surface area contributed by atoms with Crippen molar-refractivity contribution < 1.29 is 9.15 Å². The zero-order chi connectivity index (χ0) is 15.9. The van der Waals surface area contributed by atoms with Crippen molar-refractivity contribution in [3.05, 3.63) is 73.6 Å². The quantitative estimate of drug-likeness (QED) is 0.846. The summed E-state index contributed by atoms with van der Waals surface area (Å²) >= 11 is 3.40. The molecular formula is C16H11BrN2O3. The number of fused-ring (bicyclic) bond motifs is 1. The Morgan fingerprint density at radius 2 is 2.14 bits per heavy atom. The molecule has 0 aliphatic carbocycles. The molecule has 1 aliphatic heterocycles. The van der Waals surface area contributed by atoms with E-state index in [-0.39, 0.29) is 22.6 Å². The second kappa shape index (κ2) is 5.35. The number of nitriles is 1. The molecule has 1 aliphatic rings. The van der Waals surface area contributed by atoms with E-state index in [9.17, 15) is 10.1 Å². The average molecular weight is 359 g/mol. The van der Waals surface area contributed by atoms with Gasteiger partial charge in [0.15, 0.2) is 5.76 Å². The standard InChI is InChI=1S/C16H11BrN2O3/c1-8-5-12(20)14-15(21-8)13(11(7-18)16(19)22-14)9-3-2-4-10(17)6-9/h2-6,13H,19H2,1H3. The van der Waals surface area contributed by atoms with Gasteiger partial charge in [0, 0.05) is 10.5 Å². The lowest BCUT2D eigenvalue weighted by molar-refractivity contribution is 0.337. The van der Waals surface area contributed by atoms with Gasteiger partial charge in [0.1, 0.15) is 17.4 Å². The van der Waals surface area contributed by atoms with Crippen molar-refractivity contribution in [3.8, 4) is 11.8 Å². The van der Waals surface area contributed by atoms with Gasteiger partial charge < -0.3 is 14.9 Å². The smallest absolute Gasteiger partial charge is 0.228 e. The summed E-state index contributed by atoms with van der Waals surface area (Å²) in [5, 5.41) is 9.43. The molecule has 1 aromatic carbocycles. The summed E-state index contributed by atoms with van der Waals surface area (Å²) in [6, 6.07) is 10.8. The van der Waals surface area contributed by atoms with Crippen LogP contribution in [0.3, 0.4) is 0 Å². The summed E-state index contributed by atoms with van der Waals surface area (Å²) in [4.78, 5) is 12.1. The Labute approximate surface area is 134 Å². The highest BCUT2D eigenvalue weighted by atomic mass is 79.9. The molecule has 3 rings (SSSR count). The minimum atomic E-state index is -0.571. The Morgan fingerprint density at radius 3 is 2.82 bits per heavy atom. The van der Waals surface area contributed by atoms with E-state index in [0.717, 1.165) is 10.0 Å². The van der Waals surface area contributed by atoms with Crippen LogP contribution < -0.4 is 15.9 Å². The van der Waals surface area contributed by atoms with Gasteiger partial charge in [-0.2, -0.15) is 5.26 Å². The summed E-state index contributed by atoms with van der Waals surface area (Å²) in [6.45, 7) is 1.67. The van der Waals surface area contributed by atoms with Gasteiger partial charge >= 0.3 is 0 Å². The largest absolute Gasteiger partial charge is 0.461 e. The second-order valence-corrected chi connectivity index (χ2v) is 5.81. The average Bonchev–Trinajstić information content (AvgIpc) is 2.47. The first-order valence-corrected chi connectivity index (χ1v) is 7.28. The Hall–Kier alpha value is -2.52. The van der Waals surface area contributed by atoms with Crippen LogP contribution in [0.4, 0.5) is 0 Å². The molecule has 2 aromatic rings. The molecule has 0 spiro atoms. The molecule has 1 atom stereocenters. The number of ether oxygens (including phenoxy) is 1. The molecule has 0 bridgehead atoms. The van der Waals surface area contributed by atoms with E-state index in [4.69, 9.17) is 14.9 Å². The molecule has 6 heteroatoms. The van der Waals surface area contributed by atoms with Crippen molar-refractivity contribution in [2.24, 2.45) is 5.73 Å². The Kier molecular flexibility index (Phi) is 3.51. The lowest BCUT2D eigenvalue weighted by Crippen LogP contribution is -2.25. The van der Waals surface area contributed by atoms with Crippen molar-refractivity contribution in [1.82, 2.24) is 0 Å².